The van der Waals surface area contributed by atoms with Gasteiger partial charge in [0.15, 0.2) is 0 Å². The predicted molar refractivity (Wildman–Crippen MR) is 171 cm³/mol. The maximum atomic E-state index is 13.4. The highest BCUT2D eigenvalue weighted by molar-refractivity contribution is 8.00. The fourth-order valence-electron chi connectivity index (χ4n) is 4.16. The largest absolute Gasteiger partial charge is 0.361 e. The number of nitrogens with one attached hydrogen (secondary N) is 4. The van der Waals surface area contributed by atoms with Gasteiger partial charge in [-0.2, -0.15) is 0 Å². The standard InChI is InChI=1S/C33H27ClN4O3S/c1-21(31(39)36-26-15-14-22-16-17-35-29(22)20-26)42-27-12-7-11-25(19-27)37-33(41)30(18-24-10-5-6-13-28(24)34)38-32(40)23-8-3-2-4-9-23/h2-21,35H,1H3,(H,36,39)(H,37,41)(H,38,40)/b30-18+. The molecule has 0 spiro atoms. The number of hydrogen-bond donors (Lipinski definition) is 4. The summed E-state index contributed by atoms with van der Waals surface area (Å²) in [5.41, 5.74) is 3.18. The van der Waals surface area contributed by atoms with Gasteiger partial charge in [0.1, 0.15) is 5.70 Å². The molecule has 0 bridgehead atoms. The number of anilines is 2. The number of fused-ring (bicyclic) bond motifs is 1. The van der Waals surface area contributed by atoms with E-state index in [2.05, 4.69) is 20.9 Å². The number of halogens is 1. The zero-order valence-electron chi connectivity index (χ0n) is 22.6. The molecule has 210 valence electrons. The van der Waals surface area contributed by atoms with E-state index in [0.717, 1.165) is 15.8 Å². The molecule has 42 heavy (non-hydrogen) atoms. The fourth-order valence-corrected chi connectivity index (χ4v) is 5.28. The highest BCUT2D eigenvalue weighted by atomic mass is 35.5. The number of aromatic amines is 1. The summed E-state index contributed by atoms with van der Waals surface area (Å²) in [5.74, 6) is -1.09. The lowest BCUT2D eigenvalue weighted by molar-refractivity contribution is -0.115. The molecule has 0 aliphatic rings. The molecule has 4 N–H and O–H groups in total. The van der Waals surface area contributed by atoms with Crippen LogP contribution in [0.3, 0.4) is 0 Å². The number of aromatic nitrogens is 1. The Hall–Kier alpha value is -4.79. The summed E-state index contributed by atoms with van der Waals surface area (Å²) >= 11 is 7.69. The number of carbonyl (C=O) groups excluding carboxylic acids is 3. The third kappa shape index (κ3) is 7.28. The van der Waals surface area contributed by atoms with Gasteiger partial charge in [0.05, 0.1) is 5.25 Å². The maximum absolute atomic E-state index is 13.4. The van der Waals surface area contributed by atoms with Gasteiger partial charge >= 0.3 is 0 Å². The Labute approximate surface area is 252 Å². The zero-order valence-corrected chi connectivity index (χ0v) is 24.1. The van der Waals surface area contributed by atoms with Crippen LogP contribution in [-0.2, 0) is 9.59 Å². The molecular formula is C33H27ClN4O3S. The molecular weight excluding hydrogens is 568 g/mol. The van der Waals surface area contributed by atoms with Crippen molar-refractivity contribution in [3.63, 3.8) is 0 Å². The van der Waals surface area contributed by atoms with Gasteiger partial charge in [0.25, 0.3) is 11.8 Å². The van der Waals surface area contributed by atoms with E-state index in [-0.39, 0.29) is 11.6 Å². The number of H-pyrrole nitrogens is 1. The van der Waals surface area contributed by atoms with Crippen LogP contribution in [0.15, 0.2) is 120 Å². The van der Waals surface area contributed by atoms with E-state index in [1.165, 1.54) is 17.8 Å². The number of carbonyl (C=O) groups is 3. The molecule has 0 fully saturated rings. The fraction of sp³-hybridized carbons (Fsp3) is 0.0606. The van der Waals surface area contributed by atoms with Gasteiger partial charge in [-0.1, -0.05) is 60.1 Å². The van der Waals surface area contributed by atoms with Crippen LogP contribution < -0.4 is 16.0 Å². The van der Waals surface area contributed by atoms with Gasteiger partial charge in [0, 0.05) is 38.6 Å². The van der Waals surface area contributed by atoms with Crippen LogP contribution in [0.5, 0.6) is 0 Å². The number of benzene rings is 4. The molecule has 5 aromatic rings. The van der Waals surface area contributed by atoms with E-state index >= 15 is 0 Å². The van der Waals surface area contributed by atoms with Crippen molar-refractivity contribution in [2.45, 2.75) is 17.1 Å². The molecule has 7 nitrogen and oxygen atoms in total. The van der Waals surface area contributed by atoms with Crippen LogP contribution in [0.2, 0.25) is 5.02 Å². The van der Waals surface area contributed by atoms with Crippen molar-refractivity contribution >= 4 is 69.4 Å². The second kappa shape index (κ2) is 13.2. The van der Waals surface area contributed by atoms with Crippen LogP contribution in [0, 0.1) is 0 Å². The molecule has 0 aliphatic carbocycles. The van der Waals surface area contributed by atoms with Crippen molar-refractivity contribution in [1.82, 2.24) is 10.3 Å². The summed E-state index contributed by atoms with van der Waals surface area (Å²) in [4.78, 5) is 43.1. The molecule has 0 radical (unpaired) electrons. The third-order valence-corrected chi connectivity index (χ3v) is 7.77. The second-order valence-corrected chi connectivity index (χ2v) is 11.2. The van der Waals surface area contributed by atoms with Gasteiger partial charge in [-0.3, -0.25) is 14.4 Å². The SMILES string of the molecule is CC(Sc1cccc(NC(=O)/C(=C\c2ccccc2Cl)NC(=O)c2ccccc2)c1)C(=O)Nc1ccc2cc[nH]c2c1. The second-order valence-electron chi connectivity index (χ2n) is 9.41. The van der Waals surface area contributed by atoms with E-state index in [4.69, 9.17) is 11.6 Å². The first-order valence-corrected chi connectivity index (χ1v) is 14.4. The van der Waals surface area contributed by atoms with E-state index in [1.54, 1.807) is 66.7 Å². The average Bonchev–Trinajstić information content (AvgIpc) is 3.46. The summed E-state index contributed by atoms with van der Waals surface area (Å²) in [7, 11) is 0. The molecule has 1 aromatic heterocycles. The Kier molecular flexibility index (Phi) is 9.06. The van der Waals surface area contributed by atoms with Gasteiger partial charge in [-0.25, -0.2) is 0 Å². The molecule has 0 aliphatic heterocycles. The number of amides is 3. The monoisotopic (exact) mass is 594 g/mol. The minimum atomic E-state index is -0.521. The lowest BCUT2D eigenvalue weighted by Crippen LogP contribution is -2.30. The van der Waals surface area contributed by atoms with Crippen LogP contribution in [0.4, 0.5) is 11.4 Å². The van der Waals surface area contributed by atoms with Crippen molar-refractivity contribution < 1.29 is 14.4 Å². The maximum Gasteiger partial charge on any atom is 0.272 e. The molecule has 3 amide bonds. The molecule has 5 rings (SSSR count). The van der Waals surface area contributed by atoms with E-state index in [1.807, 2.05) is 49.5 Å². The normalized spacial score (nSPS) is 12.0. The highest BCUT2D eigenvalue weighted by Crippen LogP contribution is 2.27. The Morgan fingerprint density at radius 1 is 0.833 bits per heavy atom. The van der Waals surface area contributed by atoms with Crippen molar-refractivity contribution in [3.05, 3.63) is 131 Å². The molecule has 1 atom stereocenters. The van der Waals surface area contributed by atoms with Crippen molar-refractivity contribution in [1.29, 1.82) is 0 Å². The summed E-state index contributed by atoms with van der Waals surface area (Å²) in [5, 5.41) is 9.63. The van der Waals surface area contributed by atoms with Crippen LogP contribution >= 0.6 is 23.4 Å². The quantitative estimate of drug-likeness (QED) is 0.106. The topological polar surface area (TPSA) is 103 Å². The summed E-state index contributed by atoms with van der Waals surface area (Å²) in [6.45, 7) is 1.82. The van der Waals surface area contributed by atoms with Gasteiger partial charge < -0.3 is 20.9 Å². The Morgan fingerprint density at radius 2 is 1.60 bits per heavy atom. The van der Waals surface area contributed by atoms with Crippen LogP contribution in [0.1, 0.15) is 22.8 Å². The van der Waals surface area contributed by atoms with Gasteiger partial charge in [-0.15, -0.1) is 11.8 Å². The average molecular weight is 595 g/mol. The van der Waals surface area contributed by atoms with Crippen LogP contribution in [-0.4, -0.2) is 28.0 Å². The molecule has 9 heteroatoms. The smallest absolute Gasteiger partial charge is 0.272 e. The van der Waals surface area contributed by atoms with Crippen molar-refractivity contribution in [3.8, 4) is 0 Å². The summed E-state index contributed by atoms with van der Waals surface area (Å²) in [6.07, 6.45) is 3.39. The van der Waals surface area contributed by atoms with E-state index < -0.39 is 17.1 Å². The number of thioether (sulfide) groups is 1. The number of rotatable bonds is 9. The van der Waals surface area contributed by atoms with Gasteiger partial charge in [-0.05, 0) is 78.5 Å². The molecule has 1 heterocycles. The van der Waals surface area contributed by atoms with E-state index in [9.17, 15) is 14.4 Å². The summed E-state index contributed by atoms with van der Waals surface area (Å²) in [6, 6.07) is 30.5. The Bertz CT molecular complexity index is 1780. The zero-order chi connectivity index (χ0) is 29.5. The lowest BCUT2D eigenvalue weighted by atomic mass is 10.1. The molecule has 4 aromatic carbocycles. The van der Waals surface area contributed by atoms with E-state index in [0.29, 0.717) is 27.5 Å². The first-order valence-electron chi connectivity index (χ1n) is 13.1. The van der Waals surface area contributed by atoms with Crippen molar-refractivity contribution in [2.75, 3.05) is 10.6 Å². The van der Waals surface area contributed by atoms with Gasteiger partial charge in [0.2, 0.25) is 5.91 Å². The third-order valence-electron chi connectivity index (χ3n) is 6.33. The lowest BCUT2D eigenvalue weighted by Gasteiger charge is -2.14. The molecule has 0 saturated carbocycles. The predicted octanol–water partition coefficient (Wildman–Crippen LogP) is 7.35. The molecule has 1 unspecified atom stereocenters. The first-order chi connectivity index (χ1) is 20.4. The van der Waals surface area contributed by atoms with Crippen molar-refractivity contribution in [2.24, 2.45) is 0 Å². The number of hydrogen-bond acceptors (Lipinski definition) is 4. The first kappa shape index (κ1) is 28.7. The minimum absolute atomic E-state index is 0.0294. The summed E-state index contributed by atoms with van der Waals surface area (Å²) < 4.78 is 0. The Morgan fingerprint density at radius 3 is 2.40 bits per heavy atom. The minimum Gasteiger partial charge on any atom is -0.361 e. The van der Waals surface area contributed by atoms with Crippen LogP contribution in [0.25, 0.3) is 17.0 Å². The Balaban J connectivity index is 1.28. The molecule has 0 saturated heterocycles. The highest BCUT2D eigenvalue weighted by Gasteiger charge is 2.18.